The molecule has 0 aliphatic rings. The van der Waals surface area contributed by atoms with Gasteiger partial charge in [0.25, 0.3) is 5.22 Å². The molecule has 0 aliphatic heterocycles. The number of hydrogen-bond donors (Lipinski definition) is 1. The van der Waals surface area contributed by atoms with E-state index in [1.165, 1.54) is 11.8 Å². The number of hydrogen-bond acceptors (Lipinski definition) is 5. The summed E-state index contributed by atoms with van der Waals surface area (Å²) in [7, 11) is 0. The van der Waals surface area contributed by atoms with Crippen molar-refractivity contribution in [3.63, 3.8) is 0 Å². The number of nitrogens with zero attached hydrogens (tertiary/aromatic N) is 2. The zero-order valence-electron chi connectivity index (χ0n) is 6.49. The second kappa shape index (κ2) is 5.10. The molecule has 0 radical (unpaired) electrons. The summed E-state index contributed by atoms with van der Waals surface area (Å²) in [6, 6.07) is 0. The quantitative estimate of drug-likeness (QED) is 0.555. The van der Waals surface area contributed by atoms with Gasteiger partial charge < -0.3 is 10.2 Å². The van der Waals surface area contributed by atoms with Gasteiger partial charge in [-0.1, -0.05) is 11.8 Å². The smallest absolute Gasteiger partial charge is 0.276 e. The number of rotatable bonds is 5. The normalized spacial score (nSPS) is 10.5. The summed E-state index contributed by atoms with van der Waals surface area (Å²) in [6.45, 7) is -0.0679. The molecule has 2 N–H and O–H groups in total. The molecule has 0 aromatic carbocycles. The zero-order valence-corrected chi connectivity index (χ0v) is 7.31. The molecular weight excluding hydrogens is 181 g/mol. The number of nitrogens with two attached hydrogens (primary N) is 1. The minimum Gasteiger partial charge on any atom is -0.415 e. The van der Waals surface area contributed by atoms with Crippen LogP contribution in [0.3, 0.4) is 0 Å². The third-order valence-corrected chi connectivity index (χ3v) is 2.03. The molecular formula is C6H10FN3OS. The second-order valence-electron chi connectivity index (χ2n) is 2.06. The molecule has 4 nitrogen and oxygen atoms in total. The Kier molecular flexibility index (Phi) is 4.02. The van der Waals surface area contributed by atoms with E-state index in [4.69, 9.17) is 10.2 Å². The van der Waals surface area contributed by atoms with Crippen LogP contribution in [0.25, 0.3) is 0 Å². The van der Waals surface area contributed by atoms with E-state index in [0.29, 0.717) is 23.3 Å². The maximum absolute atomic E-state index is 11.7. The monoisotopic (exact) mass is 191 g/mol. The third-order valence-electron chi connectivity index (χ3n) is 1.13. The van der Waals surface area contributed by atoms with Crippen LogP contribution in [-0.4, -0.2) is 22.6 Å². The third kappa shape index (κ3) is 2.78. The Morgan fingerprint density at radius 2 is 2.33 bits per heavy atom. The Bertz CT molecular complexity index is 230. The molecule has 1 aromatic heterocycles. The van der Waals surface area contributed by atoms with Gasteiger partial charge in [0.05, 0.1) is 13.2 Å². The standard InChI is InChI=1S/C6H10FN3OS/c7-2-1-3-12-6-10-9-5(4-8)11-6/h1-4,8H2. The molecule has 1 heterocycles. The van der Waals surface area contributed by atoms with Gasteiger partial charge in [0.2, 0.25) is 5.89 Å². The van der Waals surface area contributed by atoms with Crippen LogP contribution >= 0.6 is 11.8 Å². The average Bonchev–Trinajstić information content (AvgIpc) is 2.53. The molecule has 0 amide bonds. The van der Waals surface area contributed by atoms with Crippen LogP contribution in [0.2, 0.25) is 0 Å². The molecule has 12 heavy (non-hydrogen) atoms. The van der Waals surface area contributed by atoms with E-state index < -0.39 is 0 Å². The van der Waals surface area contributed by atoms with E-state index in [1.807, 2.05) is 0 Å². The summed E-state index contributed by atoms with van der Waals surface area (Å²) < 4.78 is 16.7. The first-order chi connectivity index (χ1) is 5.86. The van der Waals surface area contributed by atoms with Crippen LogP contribution in [0.5, 0.6) is 0 Å². The van der Waals surface area contributed by atoms with E-state index in [1.54, 1.807) is 0 Å². The first-order valence-electron chi connectivity index (χ1n) is 3.58. The molecule has 68 valence electrons. The van der Waals surface area contributed by atoms with Gasteiger partial charge in [-0.15, -0.1) is 10.2 Å². The van der Waals surface area contributed by atoms with Crippen molar-refractivity contribution in [2.45, 2.75) is 18.2 Å². The second-order valence-corrected chi connectivity index (χ2v) is 3.10. The highest BCUT2D eigenvalue weighted by Crippen LogP contribution is 2.16. The van der Waals surface area contributed by atoms with Crippen molar-refractivity contribution in [1.82, 2.24) is 10.2 Å². The van der Waals surface area contributed by atoms with Crippen molar-refractivity contribution < 1.29 is 8.81 Å². The molecule has 0 aliphatic carbocycles. The highest BCUT2D eigenvalue weighted by Gasteiger charge is 2.03. The predicted octanol–water partition coefficient (Wildman–Crippen LogP) is 0.980. The van der Waals surface area contributed by atoms with Gasteiger partial charge in [-0.25, -0.2) is 0 Å². The summed E-state index contributed by atoms with van der Waals surface area (Å²) in [5.41, 5.74) is 5.25. The van der Waals surface area contributed by atoms with Gasteiger partial charge in [0.1, 0.15) is 0 Å². The van der Waals surface area contributed by atoms with Crippen LogP contribution in [0.15, 0.2) is 9.64 Å². The van der Waals surface area contributed by atoms with Crippen molar-refractivity contribution in [2.24, 2.45) is 5.73 Å². The molecule has 0 saturated carbocycles. The highest BCUT2D eigenvalue weighted by atomic mass is 32.2. The Hall–Kier alpha value is -0.620. The van der Waals surface area contributed by atoms with Crippen molar-refractivity contribution >= 4 is 11.8 Å². The minimum atomic E-state index is -0.315. The number of halogens is 1. The first-order valence-corrected chi connectivity index (χ1v) is 4.56. The Balaban J connectivity index is 2.31. The van der Waals surface area contributed by atoms with Gasteiger partial charge >= 0.3 is 0 Å². The van der Waals surface area contributed by atoms with Crippen molar-refractivity contribution in [2.75, 3.05) is 12.4 Å². The van der Waals surface area contributed by atoms with E-state index >= 15 is 0 Å². The van der Waals surface area contributed by atoms with Crippen molar-refractivity contribution in [1.29, 1.82) is 0 Å². The number of thioether (sulfide) groups is 1. The number of aromatic nitrogens is 2. The first kappa shape index (κ1) is 9.47. The van der Waals surface area contributed by atoms with Gasteiger partial charge in [-0.05, 0) is 6.42 Å². The van der Waals surface area contributed by atoms with Crippen LogP contribution in [-0.2, 0) is 6.54 Å². The fraction of sp³-hybridized carbons (Fsp3) is 0.667. The van der Waals surface area contributed by atoms with Crippen molar-refractivity contribution in [3.8, 4) is 0 Å². The summed E-state index contributed by atoms with van der Waals surface area (Å²) in [6.07, 6.45) is 0.505. The van der Waals surface area contributed by atoms with Crippen LogP contribution < -0.4 is 5.73 Å². The van der Waals surface area contributed by atoms with Gasteiger partial charge in [0.15, 0.2) is 0 Å². The summed E-state index contributed by atoms with van der Waals surface area (Å²) in [5, 5.41) is 7.82. The molecule has 6 heteroatoms. The molecule has 0 saturated heterocycles. The molecule has 0 spiro atoms. The highest BCUT2D eigenvalue weighted by molar-refractivity contribution is 7.99. The lowest BCUT2D eigenvalue weighted by atomic mass is 10.6. The molecule has 0 fully saturated rings. The SMILES string of the molecule is NCc1nnc(SCCCF)o1. The topological polar surface area (TPSA) is 64.9 Å². The van der Waals surface area contributed by atoms with E-state index in [2.05, 4.69) is 10.2 Å². The average molecular weight is 191 g/mol. The Labute approximate surface area is 73.7 Å². The van der Waals surface area contributed by atoms with Gasteiger partial charge in [-0.2, -0.15) is 0 Å². The Morgan fingerprint density at radius 1 is 1.50 bits per heavy atom. The van der Waals surface area contributed by atoms with Crippen LogP contribution in [0.1, 0.15) is 12.3 Å². The Morgan fingerprint density at radius 3 is 2.92 bits per heavy atom. The van der Waals surface area contributed by atoms with Gasteiger partial charge in [-0.3, -0.25) is 4.39 Å². The summed E-state index contributed by atoms with van der Waals surface area (Å²) in [4.78, 5) is 0. The van der Waals surface area contributed by atoms with E-state index in [9.17, 15) is 4.39 Å². The predicted molar refractivity (Wildman–Crippen MR) is 43.5 cm³/mol. The largest absolute Gasteiger partial charge is 0.415 e. The lowest BCUT2D eigenvalue weighted by Crippen LogP contribution is -1.95. The molecule has 1 aromatic rings. The fourth-order valence-electron chi connectivity index (χ4n) is 0.593. The zero-order chi connectivity index (χ0) is 8.81. The van der Waals surface area contributed by atoms with Gasteiger partial charge in [0, 0.05) is 5.75 Å². The number of alkyl halides is 1. The lowest BCUT2D eigenvalue weighted by molar-refractivity contribution is 0.414. The van der Waals surface area contributed by atoms with E-state index in [-0.39, 0.29) is 13.2 Å². The molecule has 0 atom stereocenters. The minimum absolute atomic E-state index is 0.247. The van der Waals surface area contributed by atoms with Crippen LogP contribution in [0, 0.1) is 0 Å². The molecule has 0 bridgehead atoms. The lowest BCUT2D eigenvalue weighted by Gasteiger charge is -1.90. The summed E-state index contributed by atoms with van der Waals surface area (Å²) in [5.74, 6) is 1.07. The fourth-order valence-corrected chi connectivity index (χ4v) is 1.27. The molecule has 1 rings (SSSR count). The maximum Gasteiger partial charge on any atom is 0.276 e. The van der Waals surface area contributed by atoms with Crippen molar-refractivity contribution in [3.05, 3.63) is 5.89 Å². The van der Waals surface area contributed by atoms with Crippen LogP contribution in [0.4, 0.5) is 4.39 Å². The molecule has 0 unspecified atom stereocenters. The summed E-state index contributed by atoms with van der Waals surface area (Å²) >= 11 is 1.35. The maximum atomic E-state index is 11.7. The van der Waals surface area contributed by atoms with E-state index in [0.717, 1.165) is 0 Å².